The molecule has 0 unspecified atom stereocenters. The molecule has 4 heteroatoms. The molecule has 3 aromatic rings. The second-order valence-corrected chi connectivity index (χ2v) is 4.65. The van der Waals surface area contributed by atoms with Gasteiger partial charge in [0.1, 0.15) is 5.69 Å². The highest BCUT2D eigenvalue weighted by atomic mass is 32.1. The second kappa shape index (κ2) is 4.07. The third-order valence-electron chi connectivity index (χ3n) is 3.06. The van der Waals surface area contributed by atoms with Crippen LogP contribution in [0.4, 0.5) is 0 Å². The molecule has 0 saturated heterocycles. The van der Waals surface area contributed by atoms with Gasteiger partial charge in [-0.3, -0.25) is 0 Å². The Hall–Kier alpha value is -1.94. The van der Waals surface area contributed by atoms with Crippen molar-refractivity contribution in [2.75, 3.05) is 0 Å². The molecule has 0 spiro atoms. The number of pyridine rings is 1. The largest absolute Gasteiger partial charge is 0.405 e. The monoisotopic (exact) mass is 257 g/mol. The van der Waals surface area contributed by atoms with E-state index in [0.29, 0.717) is 4.84 Å². The number of hydrogen-bond donors (Lipinski definition) is 0. The van der Waals surface area contributed by atoms with Crippen LogP contribution in [0.2, 0.25) is 0 Å². The lowest BCUT2D eigenvalue weighted by Gasteiger charge is -2.01. The Balaban J connectivity index is 2.47. The van der Waals surface area contributed by atoms with Crippen LogP contribution in [-0.2, 0) is 7.05 Å². The van der Waals surface area contributed by atoms with Gasteiger partial charge in [0.2, 0.25) is 5.58 Å². The molecule has 0 amide bonds. The Morgan fingerprint density at radius 3 is 2.72 bits per heavy atom. The molecule has 0 radical (unpaired) electrons. The first-order valence-electron chi connectivity index (χ1n) is 5.74. The SMILES string of the molecule is Cc1ccccc1-n1c(=S)oc2ccc[n+](C)c21. The van der Waals surface area contributed by atoms with E-state index >= 15 is 0 Å². The first-order valence-corrected chi connectivity index (χ1v) is 6.15. The number of para-hydroxylation sites is 1. The van der Waals surface area contributed by atoms with E-state index in [1.54, 1.807) is 0 Å². The summed E-state index contributed by atoms with van der Waals surface area (Å²) >= 11 is 5.34. The molecule has 0 atom stereocenters. The van der Waals surface area contributed by atoms with Gasteiger partial charge in [-0.05, 0) is 30.7 Å². The Kier molecular flexibility index (Phi) is 2.52. The van der Waals surface area contributed by atoms with E-state index in [1.807, 2.05) is 52.7 Å². The van der Waals surface area contributed by atoms with Gasteiger partial charge in [0, 0.05) is 12.2 Å². The molecule has 0 aliphatic heterocycles. The molecule has 90 valence electrons. The van der Waals surface area contributed by atoms with Crippen LogP contribution in [0.25, 0.3) is 16.9 Å². The summed E-state index contributed by atoms with van der Waals surface area (Å²) in [5.74, 6) is 0. The number of benzene rings is 1. The molecular formula is C14H13N2OS+. The number of oxazole rings is 1. The van der Waals surface area contributed by atoms with Crippen LogP contribution in [-0.4, -0.2) is 4.57 Å². The Labute approximate surface area is 110 Å². The van der Waals surface area contributed by atoms with Crippen molar-refractivity contribution in [3.8, 4) is 5.69 Å². The minimum atomic E-state index is 0.473. The van der Waals surface area contributed by atoms with E-state index in [0.717, 1.165) is 16.9 Å². The first-order chi connectivity index (χ1) is 8.68. The minimum Gasteiger partial charge on any atom is -0.405 e. The second-order valence-electron chi connectivity index (χ2n) is 4.30. The van der Waals surface area contributed by atoms with E-state index in [-0.39, 0.29) is 0 Å². The molecule has 1 aromatic carbocycles. The van der Waals surface area contributed by atoms with Gasteiger partial charge in [0.25, 0.3) is 0 Å². The van der Waals surface area contributed by atoms with Gasteiger partial charge in [-0.15, -0.1) is 4.57 Å². The maximum atomic E-state index is 5.65. The third-order valence-corrected chi connectivity index (χ3v) is 3.33. The summed E-state index contributed by atoms with van der Waals surface area (Å²) in [5, 5.41) is 0. The predicted octanol–water partition coefficient (Wildman–Crippen LogP) is 3.09. The molecule has 2 heterocycles. The molecule has 0 aliphatic rings. The third kappa shape index (κ3) is 1.57. The van der Waals surface area contributed by atoms with Crippen molar-refractivity contribution >= 4 is 23.4 Å². The van der Waals surface area contributed by atoms with Crippen LogP contribution < -0.4 is 4.57 Å². The lowest BCUT2D eigenvalue weighted by Crippen LogP contribution is -2.30. The zero-order valence-electron chi connectivity index (χ0n) is 10.3. The lowest BCUT2D eigenvalue weighted by molar-refractivity contribution is -0.647. The zero-order chi connectivity index (χ0) is 12.7. The standard InChI is InChI=1S/C14H13N2OS/c1-10-6-3-4-7-11(10)16-13-12(17-14(16)18)8-5-9-15(13)2/h3-9H,1-2H3/q+1. The fourth-order valence-corrected chi connectivity index (χ4v) is 2.45. The quantitative estimate of drug-likeness (QED) is 0.493. The first kappa shape index (κ1) is 11.2. The molecule has 3 nitrogen and oxygen atoms in total. The van der Waals surface area contributed by atoms with Crippen LogP contribution in [0.3, 0.4) is 0 Å². The van der Waals surface area contributed by atoms with Gasteiger partial charge >= 0.3 is 10.5 Å². The fraction of sp³-hybridized carbons (Fsp3) is 0.143. The summed E-state index contributed by atoms with van der Waals surface area (Å²) in [4.78, 5) is 0.473. The minimum absolute atomic E-state index is 0.473. The van der Waals surface area contributed by atoms with Crippen LogP contribution in [0, 0.1) is 11.8 Å². The number of fused-ring (bicyclic) bond motifs is 1. The van der Waals surface area contributed by atoms with Crippen molar-refractivity contribution in [2.24, 2.45) is 7.05 Å². The van der Waals surface area contributed by atoms with Crippen molar-refractivity contribution < 1.29 is 8.98 Å². The van der Waals surface area contributed by atoms with Gasteiger partial charge < -0.3 is 4.42 Å². The average Bonchev–Trinajstić information content (AvgIpc) is 2.68. The molecule has 0 aliphatic carbocycles. The maximum absolute atomic E-state index is 5.65. The highest BCUT2D eigenvalue weighted by molar-refractivity contribution is 7.71. The Bertz CT molecular complexity index is 786. The van der Waals surface area contributed by atoms with E-state index in [9.17, 15) is 0 Å². The lowest BCUT2D eigenvalue weighted by atomic mass is 10.2. The zero-order valence-corrected chi connectivity index (χ0v) is 11.1. The van der Waals surface area contributed by atoms with Crippen molar-refractivity contribution in [1.82, 2.24) is 4.57 Å². The molecular weight excluding hydrogens is 244 g/mol. The summed E-state index contributed by atoms with van der Waals surface area (Å²) in [5.41, 5.74) is 3.99. The van der Waals surface area contributed by atoms with E-state index < -0.39 is 0 Å². The van der Waals surface area contributed by atoms with Crippen LogP contribution in [0.15, 0.2) is 47.0 Å². The number of rotatable bonds is 1. The van der Waals surface area contributed by atoms with Crippen molar-refractivity contribution in [3.05, 3.63) is 53.0 Å². The molecule has 18 heavy (non-hydrogen) atoms. The van der Waals surface area contributed by atoms with E-state index in [2.05, 4.69) is 13.0 Å². The van der Waals surface area contributed by atoms with Crippen molar-refractivity contribution in [2.45, 2.75) is 6.92 Å². The number of aryl methyl sites for hydroxylation is 2. The van der Waals surface area contributed by atoms with Crippen LogP contribution >= 0.6 is 12.2 Å². The predicted molar refractivity (Wildman–Crippen MR) is 72.3 cm³/mol. The Morgan fingerprint density at radius 2 is 1.94 bits per heavy atom. The normalized spacial score (nSPS) is 11.0. The topological polar surface area (TPSA) is 21.9 Å². The highest BCUT2D eigenvalue weighted by Gasteiger charge is 2.20. The molecule has 0 fully saturated rings. The molecule has 0 saturated carbocycles. The summed E-state index contributed by atoms with van der Waals surface area (Å²) in [7, 11) is 1.99. The van der Waals surface area contributed by atoms with Crippen molar-refractivity contribution in [1.29, 1.82) is 0 Å². The van der Waals surface area contributed by atoms with Crippen molar-refractivity contribution in [3.63, 3.8) is 0 Å². The smallest absolute Gasteiger partial charge is 0.366 e. The molecule has 2 aromatic heterocycles. The highest BCUT2D eigenvalue weighted by Crippen LogP contribution is 2.21. The summed E-state index contributed by atoms with van der Waals surface area (Å²) in [6.07, 6.45) is 1.99. The van der Waals surface area contributed by atoms with Gasteiger partial charge in [-0.25, -0.2) is 4.57 Å². The molecule has 3 rings (SSSR count). The summed E-state index contributed by atoms with van der Waals surface area (Å²) in [6, 6.07) is 12.0. The summed E-state index contributed by atoms with van der Waals surface area (Å²) < 4.78 is 9.63. The molecule has 0 bridgehead atoms. The van der Waals surface area contributed by atoms with Gasteiger partial charge in [0.15, 0.2) is 0 Å². The summed E-state index contributed by atoms with van der Waals surface area (Å²) in [6.45, 7) is 2.07. The number of nitrogens with zero attached hydrogens (tertiary/aromatic N) is 2. The van der Waals surface area contributed by atoms with Crippen LogP contribution in [0.1, 0.15) is 5.56 Å². The molecule has 0 N–H and O–H groups in total. The number of hydrogen-bond acceptors (Lipinski definition) is 2. The number of aromatic nitrogens is 2. The fourth-order valence-electron chi connectivity index (χ4n) is 2.18. The van der Waals surface area contributed by atoms with E-state index in [1.165, 1.54) is 5.56 Å². The van der Waals surface area contributed by atoms with E-state index in [4.69, 9.17) is 16.6 Å². The average molecular weight is 257 g/mol. The van der Waals surface area contributed by atoms with Gasteiger partial charge in [-0.1, -0.05) is 18.2 Å². The maximum Gasteiger partial charge on any atom is 0.366 e. The van der Waals surface area contributed by atoms with Crippen LogP contribution in [0.5, 0.6) is 0 Å². The Morgan fingerprint density at radius 1 is 1.17 bits per heavy atom. The van der Waals surface area contributed by atoms with Gasteiger partial charge in [-0.2, -0.15) is 0 Å². The van der Waals surface area contributed by atoms with Gasteiger partial charge in [0.05, 0.1) is 13.2 Å².